The average Bonchev–Trinajstić information content (AvgIpc) is 3.33. The standard InChI is InChI=1S/C19H16ClNO5S/c1-24-19(23)14-9-27-18(12-4-2-3-5-13(12)20)21(14)17(22)11-6-7-15-16(8-11)26-10-25-15/h2-8,14,18H,9-10H2,1H3. The van der Waals surface area contributed by atoms with Crippen LogP contribution in [-0.2, 0) is 9.53 Å². The number of carbonyl (C=O) groups is 2. The number of fused-ring (bicyclic) bond motifs is 1. The zero-order valence-electron chi connectivity index (χ0n) is 14.4. The summed E-state index contributed by atoms with van der Waals surface area (Å²) in [5, 5.41) is 0.157. The first-order valence-corrected chi connectivity index (χ1v) is 9.69. The Kier molecular flexibility index (Phi) is 4.88. The molecule has 2 aromatic rings. The molecule has 2 aliphatic rings. The van der Waals surface area contributed by atoms with Crippen molar-refractivity contribution in [2.45, 2.75) is 11.4 Å². The SMILES string of the molecule is COC(=O)C1CSC(c2ccccc2Cl)N1C(=O)c1ccc2c(c1)OCO2. The molecule has 8 heteroatoms. The highest BCUT2D eigenvalue weighted by molar-refractivity contribution is 7.99. The third-order valence-electron chi connectivity index (χ3n) is 4.50. The number of methoxy groups -OCH3 is 1. The lowest BCUT2D eigenvalue weighted by atomic mass is 10.1. The molecule has 1 fully saturated rings. The largest absolute Gasteiger partial charge is 0.467 e. The first-order chi connectivity index (χ1) is 13.1. The van der Waals surface area contributed by atoms with Crippen LogP contribution in [0.1, 0.15) is 21.3 Å². The summed E-state index contributed by atoms with van der Waals surface area (Å²) in [5.41, 5.74) is 1.19. The van der Waals surface area contributed by atoms with Gasteiger partial charge in [0.05, 0.1) is 7.11 Å². The van der Waals surface area contributed by atoms with Crippen LogP contribution >= 0.6 is 23.4 Å². The van der Waals surface area contributed by atoms with Gasteiger partial charge in [0.2, 0.25) is 6.79 Å². The number of ether oxygens (including phenoxy) is 3. The van der Waals surface area contributed by atoms with Crippen LogP contribution in [-0.4, -0.2) is 42.5 Å². The van der Waals surface area contributed by atoms with Gasteiger partial charge in [0.1, 0.15) is 11.4 Å². The van der Waals surface area contributed by atoms with Gasteiger partial charge < -0.3 is 19.1 Å². The summed E-state index contributed by atoms with van der Waals surface area (Å²) in [4.78, 5) is 27.2. The van der Waals surface area contributed by atoms with Gasteiger partial charge in [0.25, 0.3) is 5.91 Å². The van der Waals surface area contributed by atoms with Gasteiger partial charge in [0.15, 0.2) is 11.5 Å². The van der Waals surface area contributed by atoms with Crippen LogP contribution in [0.2, 0.25) is 5.02 Å². The van der Waals surface area contributed by atoms with Crippen molar-refractivity contribution in [3.8, 4) is 11.5 Å². The molecule has 0 bridgehead atoms. The van der Waals surface area contributed by atoms with E-state index >= 15 is 0 Å². The lowest BCUT2D eigenvalue weighted by Crippen LogP contribution is -2.43. The van der Waals surface area contributed by atoms with Crippen molar-refractivity contribution in [1.82, 2.24) is 4.90 Å². The molecule has 0 aromatic heterocycles. The monoisotopic (exact) mass is 405 g/mol. The van der Waals surface area contributed by atoms with E-state index < -0.39 is 12.0 Å². The molecule has 2 atom stereocenters. The molecule has 2 heterocycles. The number of amides is 1. The van der Waals surface area contributed by atoms with E-state index in [1.54, 1.807) is 24.3 Å². The Hall–Kier alpha value is -2.38. The Labute approximate surface area is 165 Å². The number of rotatable bonds is 3. The lowest BCUT2D eigenvalue weighted by molar-refractivity contribution is -0.145. The molecule has 0 spiro atoms. The van der Waals surface area contributed by atoms with E-state index in [1.807, 2.05) is 18.2 Å². The Balaban J connectivity index is 1.73. The summed E-state index contributed by atoms with van der Waals surface area (Å²) < 4.78 is 15.6. The van der Waals surface area contributed by atoms with E-state index in [-0.39, 0.29) is 18.1 Å². The van der Waals surface area contributed by atoms with Crippen LogP contribution < -0.4 is 9.47 Å². The maximum atomic E-state index is 13.3. The van der Waals surface area contributed by atoms with Crippen LogP contribution in [0.25, 0.3) is 0 Å². The van der Waals surface area contributed by atoms with Gasteiger partial charge >= 0.3 is 5.97 Å². The molecule has 0 N–H and O–H groups in total. The van der Waals surface area contributed by atoms with Gasteiger partial charge in [-0.05, 0) is 24.3 Å². The summed E-state index contributed by atoms with van der Waals surface area (Å²) in [6.45, 7) is 0.125. The summed E-state index contributed by atoms with van der Waals surface area (Å²) in [6.07, 6.45) is 0. The molecule has 6 nitrogen and oxygen atoms in total. The van der Waals surface area contributed by atoms with Crippen LogP contribution in [0, 0.1) is 0 Å². The molecule has 0 saturated carbocycles. The molecule has 2 aliphatic heterocycles. The molecule has 1 amide bonds. The summed E-state index contributed by atoms with van der Waals surface area (Å²) in [7, 11) is 1.32. The van der Waals surface area contributed by atoms with Gasteiger partial charge in [-0.2, -0.15) is 0 Å². The molecule has 2 aromatic carbocycles. The smallest absolute Gasteiger partial charge is 0.329 e. The second-order valence-electron chi connectivity index (χ2n) is 6.03. The normalized spacial score (nSPS) is 20.6. The molecule has 140 valence electrons. The zero-order valence-corrected chi connectivity index (χ0v) is 16.0. The highest BCUT2D eigenvalue weighted by Gasteiger charge is 2.44. The predicted molar refractivity (Wildman–Crippen MR) is 101 cm³/mol. The minimum absolute atomic E-state index is 0.125. The fourth-order valence-electron chi connectivity index (χ4n) is 3.17. The van der Waals surface area contributed by atoms with Crippen molar-refractivity contribution >= 4 is 35.2 Å². The molecule has 0 aliphatic carbocycles. The van der Waals surface area contributed by atoms with E-state index in [1.165, 1.54) is 23.8 Å². The predicted octanol–water partition coefficient (Wildman–Crippen LogP) is 3.50. The van der Waals surface area contributed by atoms with Crippen molar-refractivity contribution < 1.29 is 23.8 Å². The highest BCUT2D eigenvalue weighted by Crippen LogP contribution is 2.45. The zero-order chi connectivity index (χ0) is 19.0. The van der Waals surface area contributed by atoms with Crippen LogP contribution in [0.4, 0.5) is 0 Å². The summed E-state index contributed by atoms with van der Waals surface area (Å²) in [5.74, 6) is 0.787. The van der Waals surface area contributed by atoms with E-state index in [4.69, 9.17) is 25.8 Å². The van der Waals surface area contributed by atoms with Crippen LogP contribution in [0.5, 0.6) is 11.5 Å². The number of esters is 1. The number of nitrogens with zero attached hydrogens (tertiary/aromatic N) is 1. The molecule has 0 radical (unpaired) electrons. The van der Waals surface area contributed by atoms with Gasteiger partial charge in [-0.1, -0.05) is 29.8 Å². The molecule has 27 heavy (non-hydrogen) atoms. The van der Waals surface area contributed by atoms with Gasteiger partial charge in [-0.15, -0.1) is 11.8 Å². The number of thioether (sulfide) groups is 1. The van der Waals surface area contributed by atoms with Gasteiger partial charge in [-0.3, -0.25) is 4.79 Å². The van der Waals surface area contributed by atoms with E-state index in [0.717, 1.165) is 5.56 Å². The van der Waals surface area contributed by atoms with Gasteiger partial charge in [0, 0.05) is 21.9 Å². The number of hydrogen-bond acceptors (Lipinski definition) is 6. The molecular weight excluding hydrogens is 390 g/mol. The number of halogens is 1. The Morgan fingerprint density at radius 2 is 1.96 bits per heavy atom. The summed E-state index contributed by atoms with van der Waals surface area (Å²) >= 11 is 7.84. The second-order valence-corrected chi connectivity index (χ2v) is 7.55. The third-order valence-corrected chi connectivity index (χ3v) is 6.15. The van der Waals surface area contributed by atoms with Crippen molar-refractivity contribution in [2.24, 2.45) is 0 Å². The fraction of sp³-hybridized carbons (Fsp3) is 0.263. The highest BCUT2D eigenvalue weighted by atomic mass is 35.5. The van der Waals surface area contributed by atoms with E-state index in [0.29, 0.717) is 27.8 Å². The number of carbonyl (C=O) groups excluding carboxylic acids is 2. The quantitative estimate of drug-likeness (QED) is 0.728. The summed E-state index contributed by atoms with van der Waals surface area (Å²) in [6, 6.07) is 11.6. The minimum atomic E-state index is -0.695. The van der Waals surface area contributed by atoms with Crippen molar-refractivity contribution in [2.75, 3.05) is 19.7 Å². The average molecular weight is 406 g/mol. The van der Waals surface area contributed by atoms with Gasteiger partial charge in [-0.25, -0.2) is 4.79 Å². The van der Waals surface area contributed by atoms with E-state index in [2.05, 4.69) is 0 Å². The number of benzene rings is 2. The fourth-order valence-corrected chi connectivity index (χ4v) is 4.92. The molecule has 1 saturated heterocycles. The second kappa shape index (κ2) is 7.32. The van der Waals surface area contributed by atoms with Crippen LogP contribution in [0.15, 0.2) is 42.5 Å². The number of hydrogen-bond donors (Lipinski definition) is 0. The topological polar surface area (TPSA) is 65.1 Å². The Bertz CT molecular complexity index is 905. The first kappa shape index (κ1) is 18.0. The molecule has 2 unspecified atom stereocenters. The van der Waals surface area contributed by atoms with Crippen molar-refractivity contribution in [3.05, 3.63) is 58.6 Å². The molecule has 4 rings (SSSR count). The first-order valence-electron chi connectivity index (χ1n) is 8.26. The maximum absolute atomic E-state index is 13.3. The maximum Gasteiger partial charge on any atom is 0.329 e. The van der Waals surface area contributed by atoms with Crippen molar-refractivity contribution in [3.63, 3.8) is 0 Å². The third kappa shape index (κ3) is 3.21. The van der Waals surface area contributed by atoms with Crippen LogP contribution in [0.3, 0.4) is 0 Å². The van der Waals surface area contributed by atoms with Crippen molar-refractivity contribution in [1.29, 1.82) is 0 Å². The Morgan fingerprint density at radius 3 is 2.74 bits per heavy atom. The molecular formula is C19H16ClNO5S. The lowest BCUT2D eigenvalue weighted by Gasteiger charge is -2.29. The van der Waals surface area contributed by atoms with E-state index in [9.17, 15) is 9.59 Å². The Morgan fingerprint density at radius 1 is 1.19 bits per heavy atom. The minimum Gasteiger partial charge on any atom is -0.467 e.